The topological polar surface area (TPSA) is 55.8 Å². The maximum absolute atomic E-state index is 12.8. The van der Waals surface area contributed by atoms with Gasteiger partial charge in [0.2, 0.25) is 0 Å². The molecule has 5 nitrogen and oxygen atoms in total. The molecule has 136 valence electrons. The minimum absolute atomic E-state index is 0.218. The first-order valence-electron chi connectivity index (χ1n) is 8.35. The van der Waals surface area contributed by atoms with Gasteiger partial charge in [0.25, 0.3) is 0 Å². The highest BCUT2D eigenvalue weighted by Gasteiger charge is 2.28. The van der Waals surface area contributed by atoms with Crippen molar-refractivity contribution in [2.24, 2.45) is 0 Å². The minimum atomic E-state index is -0.522. The molecule has 1 aromatic carbocycles. The third-order valence-corrected chi connectivity index (χ3v) is 3.66. The quantitative estimate of drug-likeness (QED) is 0.615. The third-order valence-electron chi connectivity index (χ3n) is 3.66. The molecule has 0 aromatic heterocycles. The summed E-state index contributed by atoms with van der Waals surface area (Å²) in [7, 11) is 0. The highest BCUT2D eigenvalue weighted by molar-refractivity contribution is 5.87. The zero-order valence-corrected chi connectivity index (χ0v) is 14.8. The van der Waals surface area contributed by atoms with E-state index in [0.717, 1.165) is 5.56 Å². The normalized spacial score (nSPS) is 16.1. The summed E-state index contributed by atoms with van der Waals surface area (Å²) in [6.45, 7) is 6.47. The standard InChI is InChI=1S/C19H24FNO4/c1-19(2,3)25-18(23)21-12-10-16(11-13-21)24-17(22)9-6-14-4-7-15(20)8-5-14/h4-9,16H,10-13H2,1-3H3/b9-6+. The summed E-state index contributed by atoms with van der Waals surface area (Å²) in [5, 5.41) is 0. The molecular weight excluding hydrogens is 325 g/mol. The molecule has 0 atom stereocenters. The third kappa shape index (κ3) is 6.57. The van der Waals surface area contributed by atoms with E-state index >= 15 is 0 Å². The van der Waals surface area contributed by atoms with Gasteiger partial charge in [0, 0.05) is 32.0 Å². The first kappa shape index (κ1) is 19.0. The summed E-state index contributed by atoms with van der Waals surface area (Å²) >= 11 is 0. The lowest BCUT2D eigenvalue weighted by Gasteiger charge is -2.33. The van der Waals surface area contributed by atoms with E-state index in [2.05, 4.69) is 0 Å². The van der Waals surface area contributed by atoms with Crippen LogP contribution in [0.1, 0.15) is 39.2 Å². The lowest BCUT2D eigenvalue weighted by molar-refractivity contribution is -0.144. The van der Waals surface area contributed by atoms with E-state index in [0.29, 0.717) is 25.9 Å². The molecule has 0 bridgehead atoms. The SMILES string of the molecule is CC(C)(C)OC(=O)N1CCC(OC(=O)/C=C/c2ccc(F)cc2)CC1. The fraction of sp³-hybridized carbons (Fsp3) is 0.474. The van der Waals surface area contributed by atoms with Crippen LogP contribution in [0.25, 0.3) is 6.08 Å². The van der Waals surface area contributed by atoms with Gasteiger partial charge in [-0.25, -0.2) is 14.0 Å². The largest absolute Gasteiger partial charge is 0.459 e. The first-order valence-corrected chi connectivity index (χ1v) is 8.35. The Bertz CT molecular complexity index is 626. The van der Waals surface area contributed by atoms with E-state index in [9.17, 15) is 14.0 Å². The van der Waals surface area contributed by atoms with Crippen molar-refractivity contribution in [2.75, 3.05) is 13.1 Å². The van der Waals surface area contributed by atoms with E-state index in [-0.39, 0.29) is 18.0 Å². The van der Waals surface area contributed by atoms with Crippen LogP contribution in [0.4, 0.5) is 9.18 Å². The average Bonchev–Trinajstić information content (AvgIpc) is 2.53. The molecular formula is C19H24FNO4. The highest BCUT2D eigenvalue weighted by atomic mass is 19.1. The van der Waals surface area contributed by atoms with Crippen LogP contribution >= 0.6 is 0 Å². The van der Waals surface area contributed by atoms with Gasteiger partial charge in [-0.15, -0.1) is 0 Å². The van der Waals surface area contributed by atoms with Crippen molar-refractivity contribution in [3.63, 3.8) is 0 Å². The Labute approximate surface area is 147 Å². The molecule has 6 heteroatoms. The lowest BCUT2D eigenvalue weighted by Crippen LogP contribution is -2.43. The van der Waals surface area contributed by atoms with Crippen molar-refractivity contribution >= 4 is 18.1 Å². The van der Waals surface area contributed by atoms with Gasteiger partial charge in [-0.05, 0) is 44.5 Å². The van der Waals surface area contributed by atoms with Gasteiger partial charge in [-0.2, -0.15) is 0 Å². The van der Waals surface area contributed by atoms with Crippen molar-refractivity contribution in [1.82, 2.24) is 4.90 Å². The molecule has 1 fully saturated rings. The van der Waals surface area contributed by atoms with Crippen molar-refractivity contribution in [2.45, 2.75) is 45.3 Å². The molecule has 0 aliphatic carbocycles. The predicted molar refractivity (Wildman–Crippen MR) is 92.4 cm³/mol. The van der Waals surface area contributed by atoms with Crippen LogP contribution in [0.3, 0.4) is 0 Å². The van der Waals surface area contributed by atoms with Crippen LogP contribution in [0.5, 0.6) is 0 Å². The Hall–Kier alpha value is -2.37. The molecule has 0 saturated carbocycles. The van der Waals surface area contributed by atoms with Crippen molar-refractivity contribution in [3.8, 4) is 0 Å². The van der Waals surface area contributed by atoms with Gasteiger partial charge >= 0.3 is 12.1 Å². The molecule has 1 amide bonds. The molecule has 0 unspecified atom stereocenters. The molecule has 2 rings (SSSR count). The van der Waals surface area contributed by atoms with Crippen LogP contribution in [0, 0.1) is 5.82 Å². The number of esters is 1. The number of hydrogen-bond acceptors (Lipinski definition) is 4. The summed E-state index contributed by atoms with van der Waals surface area (Å²) in [6, 6.07) is 5.83. The number of ether oxygens (including phenoxy) is 2. The van der Waals surface area contributed by atoms with Crippen LogP contribution in [0.2, 0.25) is 0 Å². The Morgan fingerprint density at radius 2 is 1.76 bits per heavy atom. The molecule has 25 heavy (non-hydrogen) atoms. The van der Waals surface area contributed by atoms with Crippen LogP contribution in [-0.4, -0.2) is 41.8 Å². The number of likely N-dealkylation sites (tertiary alicyclic amines) is 1. The fourth-order valence-corrected chi connectivity index (χ4v) is 2.42. The number of benzene rings is 1. The molecule has 1 aromatic rings. The molecule has 1 aliphatic rings. The molecule has 1 aliphatic heterocycles. The van der Waals surface area contributed by atoms with E-state index < -0.39 is 11.6 Å². The van der Waals surface area contributed by atoms with Gasteiger partial charge in [0.15, 0.2) is 0 Å². The minimum Gasteiger partial charge on any atom is -0.459 e. The molecule has 0 spiro atoms. The zero-order chi connectivity index (χ0) is 18.4. The Kier molecular flexibility index (Phi) is 6.17. The van der Waals surface area contributed by atoms with Crippen LogP contribution in [-0.2, 0) is 14.3 Å². The van der Waals surface area contributed by atoms with E-state index in [1.807, 2.05) is 20.8 Å². The smallest absolute Gasteiger partial charge is 0.410 e. The fourth-order valence-electron chi connectivity index (χ4n) is 2.42. The molecule has 0 N–H and O–H groups in total. The summed E-state index contributed by atoms with van der Waals surface area (Å²) in [5.74, 6) is -0.767. The predicted octanol–water partition coefficient (Wildman–Crippen LogP) is 3.78. The number of carbonyl (C=O) groups is 2. The average molecular weight is 349 g/mol. The summed E-state index contributed by atoms with van der Waals surface area (Å²) in [6.07, 6.45) is 3.51. The first-order chi connectivity index (χ1) is 11.7. The number of nitrogens with zero attached hydrogens (tertiary/aromatic N) is 1. The summed E-state index contributed by atoms with van der Waals surface area (Å²) < 4.78 is 23.5. The molecule has 1 heterocycles. The molecule has 0 radical (unpaired) electrons. The number of piperidine rings is 1. The van der Waals surface area contributed by atoms with Crippen LogP contribution < -0.4 is 0 Å². The van der Waals surface area contributed by atoms with Gasteiger partial charge in [0.1, 0.15) is 17.5 Å². The number of carbonyl (C=O) groups excluding carboxylic acids is 2. The second-order valence-electron chi connectivity index (χ2n) is 6.99. The van der Waals surface area contributed by atoms with Crippen molar-refractivity contribution in [3.05, 3.63) is 41.7 Å². The molecule has 1 saturated heterocycles. The maximum Gasteiger partial charge on any atom is 0.410 e. The highest BCUT2D eigenvalue weighted by Crippen LogP contribution is 2.17. The van der Waals surface area contributed by atoms with Crippen molar-refractivity contribution in [1.29, 1.82) is 0 Å². The lowest BCUT2D eigenvalue weighted by atomic mass is 10.1. The van der Waals surface area contributed by atoms with E-state index in [4.69, 9.17) is 9.47 Å². The summed E-state index contributed by atoms with van der Waals surface area (Å²) in [4.78, 5) is 25.5. The Morgan fingerprint density at radius 1 is 1.16 bits per heavy atom. The van der Waals surface area contributed by atoms with Gasteiger partial charge < -0.3 is 14.4 Å². The van der Waals surface area contributed by atoms with Gasteiger partial charge in [-0.1, -0.05) is 12.1 Å². The van der Waals surface area contributed by atoms with E-state index in [1.165, 1.54) is 18.2 Å². The van der Waals surface area contributed by atoms with Crippen molar-refractivity contribution < 1.29 is 23.5 Å². The number of hydrogen-bond donors (Lipinski definition) is 0. The Balaban J connectivity index is 1.76. The van der Waals surface area contributed by atoms with Crippen LogP contribution in [0.15, 0.2) is 30.3 Å². The maximum atomic E-state index is 12.8. The second-order valence-corrected chi connectivity index (χ2v) is 6.99. The summed E-state index contributed by atoms with van der Waals surface area (Å²) in [5.41, 5.74) is 0.198. The zero-order valence-electron chi connectivity index (χ0n) is 14.8. The Morgan fingerprint density at radius 3 is 2.32 bits per heavy atom. The van der Waals surface area contributed by atoms with E-state index in [1.54, 1.807) is 23.1 Å². The van der Waals surface area contributed by atoms with Gasteiger partial charge in [0.05, 0.1) is 0 Å². The van der Waals surface area contributed by atoms with Gasteiger partial charge in [-0.3, -0.25) is 0 Å². The number of halogens is 1. The number of rotatable bonds is 3. The monoisotopic (exact) mass is 349 g/mol. The second kappa shape index (κ2) is 8.14. The number of amides is 1.